The van der Waals surface area contributed by atoms with E-state index in [0.717, 1.165) is 18.7 Å². The maximum atomic E-state index is 5.93. The van der Waals surface area contributed by atoms with Crippen LogP contribution in [0.4, 0.5) is 0 Å². The van der Waals surface area contributed by atoms with Gasteiger partial charge in [-0.3, -0.25) is 0 Å². The fourth-order valence-corrected chi connectivity index (χ4v) is 1.82. The van der Waals surface area contributed by atoms with Gasteiger partial charge in [-0.15, -0.1) is 12.4 Å². The van der Waals surface area contributed by atoms with Crippen molar-refractivity contribution in [3.63, 3.8) is 0 Å². The molecule has 1 heterocycles. The van der Waals surface area contributed by atoms with Crippen molar-refractivity contribution in [2.75, 3.05) is 19.8 Å². The molecular formula is C10H12Cl3NO. The summed E-state index contributed by atoms with van der Waals surface area (Å²) in [6, 6.07) is 5.91. The highest BCUT2D eigenvalue weighted by atomic mass is 35.5. The van der Waals surface area contributed by atoms with Crippen LogP contribution in [0.2, 0.25) is 10.0 Å². The lowest BCUT2D eigenvalue weighted by Gasteiger charge is -2.24. The van der Waals surface area contributed by atoms with E-state index in [4.69, 9.17) is 27.9 Å². The average molecular weight is 269 g/mol. The fourth-order valence-electron chi connectivity index (χ4n) is 1.51. The molecule has 1 fully saturated rings. The summed E-state index contributed by atoms with van der Waals surface area (Å²) in [5.74, 6) is 0. The van der Waals surface area contributed by atoms with Gasteiger partial charge < -0.3 is 10.1 Å². The quantitative estimate of drug-likeness (QED) is 0.845. The van der Waals surface area contributed by atoms with Gasteiger partial charge in [0.2, 0.25) is 0 Å². The van der Waals surface area contributed by atoms with Crippen LogP contribution in [0.5, 0.6) is 0 Å². The molecule has 1 saturated heterocycles. The molecule has 0 unspecified atom stereocenters. The van der Waals surface area contributed by atoms with Gasteiger partial charge in [0.15, 0.2) is 0 Å². The predicted octanol–water partition coefficient (Wildman–Crippen LogP) is 3.08. The summed E-state index contributed by atoms with van der Waals surface area (Å²) < 4.78 is 5.37. The highest BCUT2D eigenvalue weighted by Crippen LogP contribution is 2.26. The first-order valence-electron chi connectivity index (χ1n) is 4.53. The molecule has 0 bridgehead atoms. The molecule has 15 heavy (non-hydrogen) atoms. The predicted molar refractivity (Wildman–Crippen MR) is 65.3 cm³/mol. The van der Waals surface area contributed by atoms with E-state index in [1.165, 1.54) is 0 Å². The molecule has 0 spiro atoms. The van der Waals surface area contributed by atoms with Crippen LogP contribution >= 0.6 is 35.6 Å². The topological polar surface area (TPSA) is 21.3 Å². The van der Waals surface area contributed by atoms with Gasteiger partial charge in [-0.2, -0.15) is 0 Å². The Morgan fingerprint density at radius 2 is 2.07 bits per heavy atom. The first kappa shape index (κ1) is 13.1. The van der Waals surface area contributed by atoms with Crippen LogP contribution in [-0.2, 0) is 4.74 Å². The Kier molecular flexibility index (Phi) is 5.16. The number of benzene rings is 1. The summed E-state index contributed by atoms with van der Waals surface area (Å²) in [5, 5.41) is 4.54. The molecular weight excluding hydrogens is 256 g/mol. The van der Waals surface area contributed by atoms with Crippen LogP contribution in [0.3, 0.4) is 0 Å². The smallest absolute Gasteiger partial charge is 0.0662 e. The third kappa shape index (κ3) is 3.23. The van der Waals surface area contributed by atoms with Crippen molar-refractivity contribution < 1.29 is 4.74 Å². The lowest BCUT2D eigenvalue weighted by atomic mass is 10.1. The van der Waals surface area contributed by atoms with Crippen molar-refractivity contribution in [3.05, 3.63) is 33.8 Å². The summed E-state index contributed by atoms with van der Waals surface area (Å²) in [5.41, 5.74) is 1.12. The molecule has 0 saturated carbocycles. The summed E-state index contributed by atoms with van der Waals surface area (Å²) in [4.78, 5) is 0. The third-order valence-electron chi connectivity index (χ3n) is 2.27. The number of rotatable bonds is 1. The van der Waals surface area contributed by atoms with Gasteiger partial charge in [0.05, 0.1) is 29.3 Å². The Bertz CT molecular complexity index is 326. The summed E-state index contributed by atoms with van der Waals surface area (Å²) in [7, 11) is 0. The highest BCUT2D eigenvalue weighted by Gasteiger charge is 2.15. The minimum Gasteiger partial charge on any atom is -0.378 e. The minimum absolute atomic E-state index is 0. The van der Waals surface area contributed by atoms with Crippen LogP contribution in [0.15, 0.2) is 18.2 Å². The Balaban J connectivity index is 0.00000112. The molecule has 1 aromatic rings. The van der Waals surface area contributed by atoms with Crippen LogP contribution in [0.1, 0.15) is 11.6 Å². The first-order valence-corrected chi connectivity index (χ1v) is 5.29. The zero-order valence-electron chi connectivity index (χ0n) is 8.00. The standard InChI is InChI=1S/C10H11Cl2NO.ClH/c11-8-2-1-7(5-9(8)12)10-6-14-4-3-13-10;/h1-2,5,10,13H,3-4,6H2;1H/t10-;/m1./s1. The van der Waals surface area contributed by atoms with Crippen LogP contribution < -0.4 is 5.32 Å². The average Bonchev–Trinajstić information content (AvgIpc) is 2.23. The Morgan fingerprint density at radius 3 is 2.67 bits per heavy atom. The van der Waals surface area contributed by atoms with E-state index in [-0.39, 0.29) is 18.4 Å². The number of halogens is 3. The van der Waals surface area contributed by atoms with Crippen LogP contribution in [0.25, 0.3) is 0 Å². The second-order valence-corrected chi connectivity index (χ2v) is 4.07. The molecule has 1 aromatic carbocycles. The Morgan fingerprint density at radius 1 is 1.27 bits per heavy atom. The van der Waals surface area contributed by atoms with E-state index < -0.39 is 0 Å². The van der Waals surface area contributed by atoms with Crippen LogP contribution in [0, 0.1) is 0 Å². The SMILES string of the molecule is Cl.Clc1ccc([C@H]2COCCN2)cc1Cl. The maximum Gasteiger partial charge on any atom is 0.0662 e. The number of hydrogen-bond donors (Lipinski definition) is 1. The van der Waals surface area contributed by atoms with E-state index in [1.807, 2.05) is 18.2 Å². The molecule has 2 nitrogen and oxygen atoms in total. The van der Waals surface area contributed by atoms with Crippen molar-refractivity contribution in [3.8, 4) is 0 Å². The first-order chi connectivity index (χ1) is 6.77. The van der Waals surface area contributed by atoms with E-state index in [9.17, 15) is 0 Å². The second kappa shape index (κ2) is 5.92. The van der Waals surface area contributed by atoms with Crippen molar-refractivity contribution in [2.24, 2.45) is 0 Å². The Labute approximate surface area is 105 Å². The molecule has 0 amide bonds. The maximum absolute atomic E-state index is 5.93. The van der Waals surface area contributed by atoms with Crippen molar-refractivity contribution >= 4 is 35.6 Å². The van der Waals surface area contributed by atoms with E-state index in [2.05, 4.69) is 5.32 Å². The van der Waals surface area contributed by atoms with Gasteiger partial charge in [0, 0.05) is 6.54 Å². The summed E-state index contributed by atoms with van der Waals surface area (Å²) in [6.45, 7) is 2.35. The molecule has 1 N–H and O–H groups in total. The lowest BCUT2D eigenvalue weighted by Crippen LogP contribution is -2.34. The Hall–Kier alpha value is 0.01000. The van der Waals surface area contributed by atoms with Gasteiger partial charge in [0.1, 0.15) is 0 Å². The number of ether oxygens (including phenoxy) is 1. The molecule has 0 aliphatic carbocycles. The van der Waals surface area contributed by atoms with Crippen molar-refractivity contribution in [2.45, 2.75) is 6.04 Å². The molecule has 1 atom stereocenters. The molecule has 84 valence electrons. The van der Waals surface area contributed by atoms with Gasteiger partial charge in [-0.05, 0) is 17.7 Å². The monoisotopic (exact) mass is 267 g/mol. The fraction of sp³-hybridized carbons (Fsp3) is 0.400. The molecule has 0 radical (unpaired) electrons. The summed E-state index contributed by atoms with van der Waals surface area (Å²) >= 11 is 11.8. The summed E-state index contributed by atoms with van der Waals surface area (Å²) in [6.07, 6.45) is 0. The third-order valence-corrected chi connectivity index (χ3v) is 3.01. The highest BCUT2D eigenvalue weighted by molar-refractivity contribution is 6.42. The second-order valence-electron chi connectivity index (χ2n) is 3.26. The molecule has 0 aromatic heterocycles. The van der Waals surface area contributed by atoms with Gasteiger partial charge >= 0.3 is 0 Å². The minimum atomic E-state index is 0. The molecule has 1 aliphatic rings. The zero-order valence-corrected chi connectivity index (χ0v) is 10.3. The van der Waals surface area contributed by atoms with E-state index in [1.54, 1.807) is 0 Å². The zero-order chi connectivity index (χ0) is 9.97. The largest absolute Gasteiger partial charge is 0.378 e. The van der Waals surface area contributed by atoms with Crippen LogP contribution in [-0.4, -0.2) is 19.8 Å². The normalized spacial score (nSPS) is 20.8. The van der Waals surface area contributed by atoms with E-state index in [0.29, 0.717) is 16.7 Å². The van der Waals surface area contributed by atoms with Gasteiger partial charge in [-0.1, -0.05) is 29.3 Å². The number of nitrogens with one attached hydrogen (secondary N) is 1. The van der Waals surface area contributed by atoms with Crippen molar-refractivity contribution in [1.82, 2.24) is 5.32 Å². The molecule has 2 rings (SSSR count). The molecule has 1 aliphatic heterocycles. The number of hydrogen-bond acceptors (Lipinski definition) is 2. The molecule has 5 heteroatoms. The number of morpholine rings is 1. The van der Waals surface area contributed by atoms with Crippen molar-refractivity contribution in [1.29, 1.82) is 0 Å². The van der Waals surface area contributed by atoms with Gasteiger partial charge in [0.25, 0.3) is 0 Å². The van der Waals surface area contributed by atoms with Gasteiger partial charge in [-0.25, -0.2) is 0 Å². The van der Waals surface area contributed by atoms with E-state index >= 15 is 0 Å². The lowest BCUT2D eigenvalue weighted by molar-refractivity contribution is 0.0769.